The van der Waals surface area contributed by atoms with Crippen LogP contribution < -0.4 is 10.9 Å². The van der Waals surface area contributed by atoms with Gasteiger partial charge in [0.25, 0.3) is 0 Å². The molecule has 1 aromatic carbocycles. The van der Waals surface area contributed by atoms with Gasteiger partial charge in [0.15, 0.2) is 5.70 Å². The number of benzene rings is 1. The number of quaternary nitrogens is 1. The smallest absolute Gasteiger partial charge is 0.161 e. The van der Waals surface area contributed by atoms with E-state index < -0.39 is 0 Å². The maximum absolute atomic E-state index is 3.13. The van der Waals surface area contributed by atoms with E-state index in [1.807, 2.05) is 17.7 Å². The SMILES string of the molecule is CC1=CN[NH2+]C(c2ccccc2)=C1. The van der Waals surface area contributed by atoms with Gasteiger partial charge in [-0.2, -0.15) is 0 Å². The minimum absolute atomic E-state index is 1.24. The molecule has 66 valence electrons. The van der Waals surface area contributed by atoms with Crippen LogP contribution in [0.25, 0.3) is 5.70 Å². The van der Waals surface area contributed by atoms with Crippen LogP contribution in [0.4, 0.5) is 0 Å². The first kappa shape index (κ1) is 8.08. The molecule has 0 aromatic heterocycles. The standard InChI is InChI=1S/C11H12N2/c1-9-7-11(13-12-8-9)10-5-3-2-4-6-10/h2-8,12-13H,1H3/p+1. The van der Waals surface area contributed by atoms with Crippen molar-refractivity contribution >= 4 is 5.70 Å². The molecule has 0 radical (unpaired) electrons. The van der Waals surface area contributed by atoms with E-state index in [4.69, 9.17) is 0 Å². The molecule has 0 atom stereocenters. The molecule has 2 rings (SSSR count). The molecule has 1 aliphatic heterocycles. The van der Waals surface area contributed by atoms with Crippen molar-refractivity contribution in [2.45, 2.75) is 6.92 Å². The normalized spacial score (nSPS) is 15.8. The van der Waals surface area contributed by atoms with Crippen LogP contribution >= 0.6 is 0 Å². The van der Waals surface area contributed by atoms with E-state index in [2.05, 4.69) is 42.7 Å². The van der Waals surface area contributed by atoms with Crippen molar-refractivity contribution in [3.63, 3.8) is 0 Å². The lowest BCUT2D eigenvalue weighted by Crippen LogP contribution is -2.89. The van der Waals surface area contributed by atoms with E-state index in [1.54, 1.807) is 0 Å². The summed E-state index contributed by atoms with van der Waals surface area (Å²) >= 11 is 0. The summed E-state index contributed by atoms with van der Waals surface area (Å²) in [4.78, 5) is 0. The van der Waals surface area contributed by atoms with Crippen molar-refractivity contribution in [3.05, 3.63) is 53.7 Å². The highest BCUT2D eigenvalue weighted by atomic mass is 15.4. The Kier molecular flexibility index (Phi) is 2.15. The van der Waals surface area contributed by atoms with Crippen LogP contribution in [-0.2, 0) is 0 Å². The second kappa shape index (κ2) is 3.46. The molecular formula is C11H13N2+. The van der Waals surface area contributed by atoms with Gasteiger partial charge in [-0.25, -0.2) is 10.9 Å². The molecule has 0 fully saturated rings. The summed E-state index contributed by atoms with van der Waals surface area (Å²) in [7, 11) is 0. The molecule has 1 heterocycles. The molecule has 1 aromatic rings. The lowest BCUT2D eigenvalue weighted by molar-refractivity contribution is -0.616. The van der Waals surface area contributed by atoms with Gasteiger partial charge in [0, 0.05) is 11.6 Å². The summed E-state index contributed by atoms with van der Waals surface area (Å²) in [5.74, 6) is 0. The highest BCUT2D eigenvalue weighted by Gasteiger charge is 2.07. The van der Waals surface area contributed by atoms with Crippen LogP contribution in [0.1, 0.15) is 12.5 Å². The zero-order valence-electron chi connectivity index (χ0n) is 7.62. The molecule has 0 amide bonds. The molecule has 0 aliphatic carbocycles. The highest BCUT2D eigenvalue weighted by molar-refractivity contribution is 5.60. The van der Waals surface area contributed by atoms with Gasteiger partial charge in [0.05, 0.1) is 6.20 Å². The Morgan fingerprint density at radius 1 is 1.15 bits per heavy atom. The monoisotopic (exact) mass is 173 g/mol. The maximum Gasteiger partial charge on any atom is 0.161 e. The third-order valence-corrected chi connectivity index (χ3v) is 2.04. The van der Waals surface area contributed by atoms with Crippen molar-refractivity contribution in [3.8, 4) is 0 Å². The minimum Gasteiger partial charge on any atom is -0.242 e. The third-order valence-electron chi connectivity index (χ3n) is 2.04. The van der Waals surface area contributed by atoms with Crippen LogP contribution in [0.3, 0.4) is 0 Å². The summed E-state index contributed by atoms with van der Waals surface area (Å²) in [5.41, 5.74) is 8.88. The van der Waals surface area contributed by atoms with Crippen LogP contribution in [-0.4, -0.2) is 0 Å². The molecule has 0 unspecified atom stereocenters. The van der Waals surface area contributed by atoms with Gasteiger partial charge in [0.1, 0.15) is 0 Å². The minimum atomic E-state index is 1.24. The number of hydrogen-bond donors (Lipinski definition) is 2. The summed E-state index contributed by atoms with van der Waals surface area (Å²) in [6, 6.07) is 10.4. The fourth-order valence-corrected chi connectivity index (χ4v) is 1.39. The van der Waals surface area contributed by atoms with E-state index in [0.29, 0.717) is 0 Å². The van der Waals surface area contributed by atoms with E-state index in [-0.39, 0.29) is 0 Å². The number of allylic oxidation sites excluding steroid dienone is 2. The number of rotatable bonds is 1. The van der Waals surface area contributed by atoms with Gasteiger partial charge in [-0.05, 0) is 24.6 Å². The van der Waals surface area contributed by atoms with E-state index in [1.165, 1.54) is 16.8 Å². The number of hydrogen-bond acceptors (Lipinski definition) is 1. The molecule has 2 nitrogen and oxygen atoms in total. The molecule has 0 saturated carbocycles. The molecular weight excluding hydrogens is 160 g/mol. The zero-order valence-corrected chi connectivity index (χ0v) is 7.62. The van der Waals surface area contributed by atoms with Gasteiger partial charge in [-0.15, -0.1) is 0 Å². The second-order valence-electron chi connectivity index (χ2n) is 3.17. The molecule has 1 aliphatic rings. The first-order chi connectivity index (χ1) is 6.36. The summed E-state index contributed by atoms with van der Waals surface area (Å²) in [5, 5.41) is 0. The zero-order chi connectivity index (χ0) is 9.10. The van der Waals surface area contributed by atoms with Crippen LogP contribution in [0.15, 0.2) is 48.2 Å². The number of nitrogens with one attached hydrogen (secondary N) is 1. The predicted octanol–water partition coefficient (Wildman–Crippen LogP) is 1.01. The topological polar surface area (TPSA) is 28.6 Å². The molecule has 3 N–H and O–H groups in total. The van der Waals surface area contributed by atoms with E-state index in [9.17, 15) is 0 Å². The fourth-order valence-electron chi connectivity index (χ4n) is 1.39. The molecule has 0 spiro atoms. The first-order valence-corrected chi connectivity index (χ1v) is 4.39. The van der Waals surface area contributed by atoms with Gasteiger partial charge >= 0.3 is 0 Å². The second-order valence-corrected chi connectivity index (χ2v) is 3.17. The quantitative estimate of drug-likeness (QED) is 0.610. The molecule has 2 heteroatoms. The van der Waals surface area contributed by atoms with Crippen LogP contribution in [0, 0.1) is 0 Å². The van der Waals surface area contributed by atoms with Crippen LogP contribution in [0.2, 0.25) is 0 Å². The lowest BCUT2D eigenvalue weighted by Gasteiger charge is -2.10. The highest BCUT2D eigenvalue weighted by Crippen LogP contribution is 2.10. The predicted molar refractivity (Wildman–Crippen MR) is 53.2 cm³/mol. The van der Waals surface area contributed by atoms with Crippen molar-refractivity contribution < 1.29 is 5.43 Å². The molecule has 0 bridgehead atoms. The van der Waals surface area contributed by atoms with Crippen LogP contribution in [0.5, 0.6) is 0 Å². The van der Waals surface area contributed by atoms with Gasteiger partial charge in [0.2, 0.25) is 0 Å². The Labute approximate surface area is 77.9 Å². The third kappa shape index (κ3) is 1.79. The van der Waals surface area contributed by atoms with E-state index in [0.717, 1.165) is 0 Å². The summed E-state index contributed by atoms with van der Waals surface area (Å²) in [6.07, 6.45) is 4.16. The molecule has 0 saturated heterocycles. The summed E-state index contributed by atoms with van der Waals surface area (Å²) in [6.45, 7) is 2.09. The Bertz CT molecular complexity index is 350. The maximum atomic E-state index is 3.13. The summed E-state index contributed by atoms with van der Waals surface area (Å²) < 4.78 is 0. The largest absolute Gasteiger partial charge is 0.242 e. The van der Waals surface area contributed by atoms with E-state index >= 15 is 0 Å². The van der Waals surface area contributed by atoms with Crippen molar-refractivity contribution in [2.24, 2.45) is 0 Å². The average Bonchev–Trinajstić information content (AvgIpc) is 2.19. The lowest BCUT2D eigenvalue weighted by atomic mass is 10.1. The Morgan fingerprint density at radius 2 is 1.92 bits per heavy atom. The van der Waals surface area contributed by atoms with Gasteiger partial charge < -0.3 is 0 Å². The Hall–Kier alpha value is -1.54. The van der Waals surface area contributed by atoms with Crippen molar-refractivity contribution in [2.75, 3.05) is 0 Å². The van der Waals surface area contributed by atoms with Crippen molar-refractivity contribution in [1.29, 1.82) is 0 Å². The Balaban J connectivity index is 2.32. The fraction of sp³-hybridized carbons (Fsp3) is 0.0909. The Morgan fingerprint density at radius 3 is 2.62 bits per heavy atom. The molecule has 13 heavy (non-hydrogen) atoms. The average molecular weight is 173 g/mol. The first-order valence-electron chi connectivity index (χ1n) is 4.39. The van der Waals surface area contributed by atoms with Gasteiger partial charge in [-0.3, -0.25) is 0 Å². The van der Waals surface area contributed by atoms with Gasteiger partial charge in [-0.1, -0.05) is 18.2 Å². The number of nitrogens with two attached hydrogens (primary N) is 1. The van der Waals surface area contributed by atoms with Crippen molar-refractivity contribution in [1.82, 2.24) is 5.43 Å².